The third kappa shape index (κ3) is 3.83. The lowest BCUT2D eigenvalue weighted by molar-refractivity contribution is 0.324. The van der Waals surface area contributed by atoms with Crippen LogP contribution in [0.4, 0.5) is 11.5 Å². The van der Waals surface area contributed by atoms with Gasteiger partial charge in [0, 0.05) is 23.5 Å². The van der Waals surface area contributed by atoms with Gasteiger partial charge in [0.1, 0.15) is 6.33 Å². The fraction of sp³-hybridized carbons (Fsp3) is 0.125. The fourth-order valence-electron chi connectivity index (χ4n) is 3.57. The van der Waals surface area contributed by atoms with Crippen LogP contribution in [0, 0.1) is 0 Å². The number of aromatic nitrogens is 4. The minimum absolute atomic E-state index is 0.519. The summed E-state index contributed by atoms with van der Waals surface area (Å²) >= 11 is 1.58. The first-order chi connectivity index (χ1) is 16.2. The van der Waals surface area contributed by atoms with Crippen LogP contribution >= 0.6 is 11.3 Å². The molecule has 0 amide bonds. The van der Waals surface area contributed by atoms with E-state index in [9.17, 15) is 0 Å². The van der Waals surface area contributed by atoms with Crippen molar-refractivity contribution in [1.82, 2.24) is 19.5 Å². The Morgan fingerprint density at radius 2 is 1.64 bits per heavy atom. The zero-order chi connectivity index (χ0) is 22.8. The molecule has 0 aliphatic carbocycles. The molecule has 0 saturated carbocycles. The van der Waals surface area contributed by atoms with E-state index in [0.717, 1.165) is 16.3 Å². The number of hydrogen-bond acceptors (Lipinski definition) is 8. The number of benzene rings is 2. The topological polar surface area (TPSA) is 83.3 Å². The molecule has 0 saturated heterocycles. The molecule has 5 rings (SSSR count). The molecule has 3 heterocycles. The maximum absolute atomic E-state index is 5.49. The summed E-state index contributed by atoms with van der Waals surface area (Å²) in [6.45, 7) is 0. The number of rotatable bonds is 7. The van der Waals surface area contributed by atoms with Gasteiger partial charge in [-0.2, -0.15) is 0 Å². The maximum Gasteiger partial charge on any atom is 0.203 e. The van der Waals surface area contributed by atoms with Crippen molar-refractivity contribution in [3.63, 3.8) is 0 Å². The fourth-order valence-corrected chi connectivity index (χ4v) is 4.23. The molecule has 0 fully saturated rings. The summed E-state index contributed by atoms with van der Waals surface area (Å²) in [6, 6.07) is 17.6. The number of nitrogens with zero attached hydrogens (tertiary/aromatic N) is 4. The van der Waals surface area contributed by atoms with Gasteiger partial charge in [0.05, 0.1) is 26.2 Å². The van der Waals surface area contributed by atoms with E-state index in [2.05, 4.69) is 10.3 Å². The third-order valence-corrected chi connectivity index (χ3v) is 5.97. The van der Waals surface area contributed by atoms with Gasteiger partial charge < -0.3 is 19.5 Å². The monoisotopic (exact) mass is 459 g/mol. The number of nitrogens with one attached hydrogen (secondary N) is 1. The molecule has 0 aliphatic heterocycles. The second kappa shape index (κ2) is 8.79. The first kappa shape index (κ1) is 20.8. The van der Waals surface area contributed by atoms with Crippen molar-refractivity contribution in [2.75, 3.05) is 26.6 Å². The number of hydrogen-bond donors (Lipinski definition) is 1. The van der Waals surface area contributed by atoms with Crippen LogP contribution in [0.3, 0.4) is 0 Å². The number of imidazole rings is 1. The molecular formula is C24H21N5O3S. The van der Waals surface area contributed by atoms with Gasteiger partial charge in [-0.1, -0.05) is 24.3 Å². The Hall–Kier alpha value is -4.11. The number of ether oxygens (including phenoxy) is 3. The van der Waals surface area contributed by atoms with Crippen molar-refractivity contribution >= 4 is 34.0 Å². The van der Waals surface area contributed by atoms with Gasteiger partial charge in [-0.3, -0.25) is 4.57 Å². The van der Waals surface area contributed by atoms with Crippen molar-refractivity contribution in [3.8, 4) is 33.6 Å². The van der Waals surface area contributed by atoms with E-state index in [-0.39, 0.29) is 0 Å². The molecule has 0 spiro atoms. The largest absolute Gasteiger partial charge is 0.493 e. The first-order valence-corrected chi connectivity index (χ1v) is 11.0. The van der Waals surface area contributed by atoms with Crippen LogP contribution in [-0.2, 0) is 0 Å². The standard InChI is InChI=1S/C24H21N5O3S/c1-30-17-12-15(13-18(31-2)21(17)32-3)26-23-20-24(28-22(27-23)19-10-7-11-33-19)29(14-25-20)16-8-5-4-6-9-16/h4-14H,1-3H3,(H,26,27,28). The summed E-state index contributed by atoms with van der Waals surface area (Å²) < 4.78 is 18.4. The van der Waals surface area contributed by atoms with Crippen molar-refractivity contribution in [2.45, 2.75) is 0 Å². The predicted octanol–water partition coefficient (Wildman–Crippen LogP) is 5.31. The van der Waals surface area contributed by atoms with Crippen molar-refractivity contribution in [3.05, 3.63) is 66.3 Å². The van der Waals surface area contributed by atoms with E-state index >= 15 is 0 Å². The minimum atomic E-state index is 0.519. The number of methoxy groups -OCH3 is 3. The summed E-state index contributed by atoms with van der Waals surface area (Å²) in [5, 5.41) is 5.38. The van der Waals surface area contributed by atoms with E-state index in [1.165, 1.54) is 0 Å². The molecule has 1 N–H and O–H groups in total. The Labute approximate surface area is 194 Å². The molecule has 8 nitrogen and oxygen atoms in total. The number of fused-ring (bicyclic) bond motifs is 1. The average molecular weight is 460 g/mol. The minimum Gasteiger partial charge on any atom is -0.493 e. The lowest BCUT2D eigenvalue weighted by atomic mass is 10.2. The highest BCUT2D eigenvalue weighted by Crippen LogP contribution is 2.41. The SMILES string of the molecule is COc1cc(Nc2nc(-c3cccs3)nc3c2ncn3-c2ccccc2)cc(OC)c1OC. The number of para-hydroxylation sites is 1. The molecule has 0 bridgehead atoms. The average Bonchev–Trinajstić information content (AvgIpc) is 3.54. The Morgan fingerprint density at radius 1 is 0.879 bits per heavy atom. The molecular weight excluding hydrogens is 438 g/mol. The van der Waals surface area contributed by atoms with Gasteiger partial charge in [0.15, 0.2) is 34.3 Å². The summed E-state index contributed by atoms with van der Waals surface area (Å²) in [5.74, 6) is 2.79. The van der Waals surface area contributed by atoms with Gasteiger partial charge in [-0.25, -0.2) is 15.0 Å². The predicted molar refractivity (Wildman–Crippen MR) is 129 cm³/mol. The van der Waals surface area contributed by atoms with Crippen molar-refractivity contribution in [2.24, 2.45) is 0 Å². The Morgan fingerprint density at radius 3 is 2.27 bits per heavy atom. The zero-order valence-corrected chi connectivity index (χ0v) is 19.1. The van der Waals surface area contributed by atoms with Crippen LogP contribution in [0.1, 0.15) is 0 Å². The molecule has 0 atom stereocenters. The third-order valence-electron chi connectivity index (χ3n) is 5.10. The van der Waals surface area contributed by atoms with Gasteiger partial charge in [-0.05, 0) is 23.6 Å². The Kier molecular flexibility index (Phi) is 5.54. The highest BCUT2D eigenvalue weighted by molar-refractivity contribution is 7.13. The normalized spacial score (nSPS) is 10.9. The van der Waals surface area contributed by atoms with E-state index in [4.69, 9.17) is 24.2 Å². The highest BCUT2D eigenvalue weighted by Gasteiger charge is 2.18. The smallest absolute Gasteiger partial charge is 0.203 e. The molecule has 166 valence electrons. The zero-order valence-electron chi connectivity index (χ0n) is 18.3. The summed E-state index contributed by atoms with van der Waals surface area (Å²) in [5.41, 5.74) is 3.04. The van der Waals surface area contributed by atoms with E-state index in [0.29, 0.717) is 40.1 Å². The van der Waals surface area contributed by atoms with Crippen LogP contribution in [0.2, 0.25) is 0 Å². The van der Waals surface area contributed by atoms with E-state index in [1.54, 1.807) is 39.0 Å². The molecule has 33 heavy (non-hydrogen) atoms. The van der Waals surface area contributed by atoms with Crippen LogP contribution in [0.25, 0.3) is 27.6 Å². The van der Waals surface area contributed by atoms with Crippen molar-refractivity contribution < 1.29 is 14.2 Å². The summed E-state index contributed by atoms with van der Waals surface area (Å²) in [4.78, 5) is 15.2. The molecule has 3 aromatic heterocycles. The second-order valence-electron chi connectivity index (χ2n) is 7.03. The maximum atomic E-state index is 5.49. The Balaban J connectivity index is 1.67. The highest BCUT2D eigenvalue weighted by atomic mass is 32.1. The first-order valence-electron chi connectivity index (χ1n) is 10.1. The van der Waals surface area contributed by atoms with Crippen molar-refractivity contribution in [1.29, 1.82) is 0 Å². The molecule has 0 radical (unpaired) electrons. The Bertz CT molecular complexity index is 1380. The lowest BCUT2D eigenvalue weighted by Crippen LogP contribution is -2.02. The number of thiophene rings is 1. The molecule has 0 unspecified atom stereocenters. The molecule has 2 aromatic carbocycles. The van der Waals surface area contributed by atoms with E-state index < -0.39 is 0 Å². The van der Waals surface area contributed by atoms with Crippen LogP contribution in [0.15, 0.2) is 66.3 Å². The van der Waals surface area contributed by atoms with Gasteiger partial charge in [-0.15, -0.1) is 11.3 Å². The van der Waals surface area contributed by atoms with Gasteiger partial charge in [0.25, 0.3) is 0 Å². The summed E-state index contributed by atoms with van der Waals surface area (Å²) in [7, 11) is 4.74. The molecule has 5 aromatic rings. The molecule has 9 heteroatoms. The van der Waals surface area contributed by atoms with Crippen LogP contribution < -0.4 is 19.5 Å². The van der Waals surface area contributed by atoms with Gasteiger partial charge >= 0.3 is 0 Å². The van der Waals surface area contributed by atoms with Crippen LogP contribution in [-0.4, -0.2) is 40.8 Å². The second-order valence-corrected chi connectivity index (χ2v) is 7.98. The molecule has 0 aliphatic rings. The lowest BCUT2D eigenvalue weighted by Gasteiger charge is -2.15. The van der Waals surface area contributed by atoms with Gasteiger partial charge in [0.2, 0.25) is 5.75 Å². The van der Waals surface area contributed by atoms with E-state index in [1.807, 2.05) is 64.5 Å². The number of anilines is 2. The van der Waals surface area contributed by atoms with Crippen LogP contribution in [0.5, 0.6) is 17.2 Å². The quantitative estimate of drug-likeness (QED) is 0.353. The summed E-state index contributed by atoms with van der Waals surface area (Å²) in [6.07, 6.45) is 1.76.